The van der Waals surface area contributed by atoms with Crippen molar-refractivity contribution >= 4 is 17.6 Å². The predicted molar refractivity (Wildman–Crippen MR) is 77.0 cm³/mol. The molecular formula is C14H21ClN2O2. The van der Waals surface area contributed by atoms with Gasteiger partial charge >= 0.3 is 5.97 Å². The maximum absolute atomic E-state index is 11.4. The third-order valence-electron chi connectivity index (χ3n) is 2.53. The molecule has 0 bridgehead atoms. The zero-order chi connectivity index (χ0) is 14.5. The SMILES string of the molecule is COC(=O)CN(Cc1ccc(Cl)cc1)CC(C)(C)N. The van der Waals surface area contributed by atoms with Crippen LogP contribution in [0.5, 0.6) is 0 Å². The fourth-order valence-corrected chi connectivity index (χ4v) is 1.97. The van der Waals surface area contributed by atoms with E-state index in [1.54, 1.807) is 0 Å². The highest BCUT2D eigenvalue weighted by atomic mass is 35.5. The fourth-order valence-electron chi connectivity index (χ4n) is 1.84. The summed E-state index contributed by atoms with van der Waals surface area (Å²) in [6.45, 7) is 5.32. The van der Waals surface area contributed by atoms with E-state index in [9.17, 15) is 4.79 Å². The Morgan fingerprint density at radius 1 is 1.37 bits per heavy atom. The second-order valence-electron chi connectivity index (χ2n) is 5.34. The summed E-state index contributed by atoms with van der Waals surface area (Å²) in [6, 6.07) is 7.55. The predicted octanol–water partition coefficient (Wildman–Crippen LogP) is 2.05. The van der Waals surface area contributed by atoms with Crippen LogP contribution >= 0.6 is 11.6 Å². The highest BCUT2D eigenvalue weighted by molar-refractivity contribution is 6.30. The number of benzene rings is 1. The van der Waals surface area contributed by atoms with Crippen LogP contribution in [0.1, 0.15) is 19.4 Å². The zero-order valence-corrected chi connectivity index (χ0v) is 12.4. The molecule has 1 rings (SSSR count). The van der Waals surface area contributed by atoms with Crippen molar-refractivity contribution in [1.29, 1.82) is 0 Å². The second kappa shape index (κ2) is 6.89. The van der Waals surface area contributed by atoms with Gasteiger partial charge < -0.3 is 10.5 Å². The molecule has 0 saturated carbocycles. The zero-order valence-electron chi connectivity index (χ0n) is 11.6. The second-order valence-corrected chi connectivity index (χ2v) is 5.77. The number of nitrogens with two attached hydrogens (primary N) is 1. The molecule has 1 aromatic carbocycles. The molecule has 0 amide bonds. The number of methoxy groups -OCH3 is 1. The number of carbonyl (C=O) groups excluding carboxylic acids is 1. The number of esters is 1. The normalized spacial score (nSPS) is 11.7. The molecule has 4 nitrogen and oxygen atoms in total. The van der Waals surface area contributed by atoms with E-state index in [0.29, 0.717) is 18.1 Å². The molecule has 5 heteroatoms. The summed E-state index contributed by atoms with van der Waals surface area (Å²) in [5.41, 5.74) is 6.72. The molecule has 0 aromatic heterocycles. The summed E-state index contributed by atoms with van der Waals surface area (Å²) in [6.07, 6.45) is 0. The molecule has 2 N–H and O–H groups in total. The lowest BCUT2D eigenvalue weighted by Gasteiger charge is -2.29. The topological polar surface area (TPSA) is 55.6 Å². The molecule has 0 atom stereocenters. The maximum atomic E-state index is 11.4. The van der Waals surface area contributed by atoms with Crippen molar-refractivity contribution in [3.63, 3.8) is 0 Å². The standard InChI is InChI=1S/C14H21ClN2O2/c1-14(2,16)10-17(9-13(18)19-3)8-11-4-6-12(15)7-5-11/h4-7H,8-10,16H2,1-3H3. The van der Waals surface area contributed by atoms with E-state index in [0.717, 1.165) is 5.56 Å². The van der Waals surface area contributed by atoms with Gasteiger partial charge in [0.05, 0.1) is 13.7 Å². The minimum absolute atomic E-state index is 0.222. The van der Waals surface area contributed by atoms with Crippen molar-refractivity contribution in [2.75, 3.05) is 20.2 Å². The average Bonchev–Trinajstić information content (AvgIpc) is 2.29. The number of ether oxygens (including phenoxy) is 1. The first-order valence-corrected chi connectivity index (χ1v) is 6.50. The number of carbonyl (C=O) groups is 1. The van der Waals surface area contributed by atoms with Gasteiger partial charge in [-0.3, -0.25) is 9.69 Å². The van der Waals surface area contributed by atoms with Crippen LogP contribution in [0, 0.1) is 0 Å². The number of hydrogen-bond acceptors (Lipinski definition) is 4. The Morgan fingerprint density at radius 2 is 1.95 bits per heavy atom. The third kappa shape index (κ3) is 6.57. The first-order chi connectivity index (χ1) is 8.80. The molecule has 106 valence electrons. The molecule has 0 aliphatic rings. The summed E-state index contributed by atoms with van der Waals surface area (Å²) in [4.78, 5) is 13.4. The number of nitrogens with zero attached hydrogens (tertiary/aromatic N) is 1. The van der Waals surface area contributed by atoms with Gasteiger partial charge in [-0.1, -0.05) is 23.7 Å². The van der Waals surface area contributed by atoms with Crippen LogP contribution in [0.4, 0.5) is 0 Å². The smallest absolute Gasteiger partial charge is 0.319 e. The minimum atomic E-state index is -0.375. The van der Waals surface area contributed by atoms with Crippen LogP contribution in [0.2, 0.25) is 5.02 Å². The van der Waals surface area contributed by atoms with Gasteiger partial charge in [-0.25, -0.2) is 0 Å². The monoisotopic (exact) mass is 284 g/mol. The van der Waals surface area contributed by atoms with Crippen LogP contribution in [0.15, 0.2) is 24.3 Å². The van der Waals surface area contributed by atoms with Crippen LogP contribution in [0.3, 0.4) is 0 Å². The molecule has 0 radical (unpaired) electrons. The van der Waals surface area contributed by atoms with Crippen molar-refractivity contribution in [2.45, 2.75) is 25.9 Å². The van der Waals surface area contributed by atoms with Gasteiger partial charge in [0.15, 0.2) is 0 Å². The molecule has 0 aliphatic heterocycles. The molecule has 0 aliphatic carbocycles. The van der Waals surface area contributed by atoms with Gasteiger partial charge in [0.1, 0.15) is 0 Å². The quantitative estimate of drug-likeness (QED) is 0.813. The van der Waals surface area contributed by atoms with Gasteiger partial charge in [-0.2, -0.15) is 0 Å². The maximum Gasteiger partial charge on any atom is 0.319 e. The van der Waals surface area contributed by atoms with Gasteiger partial charge in [0.25, 0.3) is 0 Å². The fraction of sp³-hybridized carbons (Fsp3) is 0.500. The van der Waals surface area contributed by atoms with Crippen molar-refractivity contribution in [3.05, 3.63) is 34.9 Å². The van der Waals surface area contributed by atoms with Crippen LogP contribution in [-0.4, -0.2) is 36.6 Å². The Hall–Kier alpha value is -1.10. The summed E-state index contributed by atoms with van der Waals surface area (Å²) >= 11 is 5.85. The average molecular weight is 285 g/mol. The third-order valence-corrected chi connectivity index (χ3v) is 2.78. The molecule has 1 aromatic rings. The Morgan fingerprint density at radius 3 is 2.42 bits per heavy atom. The summed E-state index contributed by atoms with van der Waals surface area (Å²) in [7, 11) is 1.39. The van der Waals surface area contributed by atoms with Gasteiger partial charge in [-0.15, -0.1) is 0 Å². The Balaban J connectivity index is 2.72. The van der Waals surface area contributed by atoms with Crippen molar-refractivity contribution in [1.82, 2.24) is 4.90 Å². The lowest BCUT2D eigenvalue weighted by molar-refractivity contribution is -0.142. The van der Waals surface area contributed by atoms with E-state index in [2.05, 4.69) is 0 Å². The summed E-state index contributed by atoms with van der Waals surface area (Å²) < 4.78 is 4.71. The van der Waals surface area contributed by atoms with Gasteiger partial charge in [0, 0.05) is 23.7 Å². The Labute approximate surface area is 119 Å². The molecule has 0 saturated heterocycles. The highest BCUT2D eigenvalue weighted by Crippen LogP contribution is 2.13. The molecule has 19 heavy (non-hydrogen) atoms. The molecule has 0 spiro atoms. The summed E-state index contributed by atoms with van der Waals surface area (Å²) in [5, 5.41) is 0.697. The van der Waals surface area contributed by atoms with Gasteiger partial charge in [-0.05, 0) is 31.5 Å². The Kier molecular flexibility index (Phi) is 5.79. The molecule has 0 unspecified atom stereocenters. The largest absolute Gasteiger partial charge is 0.468 e. The number of rotatable bonds is 6. The van der Waals surface area contributed by atoms with E-state index in [-0.39, 0.29) is 18.1 Å². The number of hydrogen-bond donors (Lipinski definition) is 1. The van der Waals surface area contributed by atoms with Gasteiger partial charge in [0.2, 0.25) is 0 Å². The Bertz CT molecular complexity index is 412. The van der Waals surface area contributed by atoms with E-state index in [1.165, 1.54) is 7.11 Å². The number of halogens is 1. The van der Waals surface area contributed by atoms with Crippen LogP contribution in [-0.2, 0) is 16.1 Å². The highest BCUT2D eigenvalue weighted by Gasteiger charge is 2.19. The van der Waals surface area contributed by atoms with Crippen LogP contribution < -0.4 is 5.73 Å². The van der Waals surface area contributed by atoms with E-state index in [1.807, 2.05) is 43.0 Å². The molecule has 0 heterocycles. The summed E-state index contributed by atoms with van der Waals surface area (Å²) in [5.74, 6) is -0.266. The molecule has 0 fully saturated rings. The minimum Gasteiger partial charge on any atom is -0.468 e. The molecular weight excluding hydrogens is 264 g/mol. The van der Waals surface area contributed by atoms with Crippen LogP contribution in [0.25, 0.3) is 0 Å². The van der Waals surface area contributed by atoms with E-state index < -0.39 is 0 Å². The lowest BCUT2D eigenvalue weighted by Crippen LogP contribution is -2.46. The lowest BCUT2D eigenvalue weighted by atomic mass is 10.1. The van der Waals surface area contributed by atoms with Crippen molar-refractivity contribution in [2.24, 2.45) is 5.73 Å². The van der Waals surface area contributed by atoms with Crippen molar-refractivity contribution in [3.8, 4) is 0 Å². The van der Waals surface area contributed by atoms with E-state index >= 15 is 0 Å². The first-order valence-electron chi connectivity index (χ1n) is 6.12. The van der Waals surface area contributed by atoms with E-state index in [4.69, 9.17) is 22.1 Å². The first kappa shape index (κ1) is 16.0. The van der Waals surface area contributed by atoms with Crippen molar-refractivity contribution < 1.29 is 9.53 Å².